The minimum atomic E-state index is -0.407. The topological polar surface area (TPSA) is 157 Å². The fraction of sp³-hybridized carbons (Fsp3) is 0.333. The number of nitriles is 1. The zero-order valence-electron chi connectivity index (χ0n) is 17.6. The number of nitrogens with two attached hydrogens (primary N) is 2. The highest BCUT2D eigenvalue weighted by atomic mass is 16.5. The zero-order valence-corrected chi connectivity index (χ0v) is 17.6. The number of carbonyl (C=O) groups excluding carboxylic acids is 2. The molecule has 5 N–H and O–H groups in total. The van der Waals surface area contributed by atoms with Crippen LogP contribution in [0.3, 0.4) is 0 Å². The normalized spacial score (nSPS) is 12.7. The fourth-order valence-corrected chi connectivity index (χ4v) is 2.94. The molecule has 0 bridgehead atoms. The molecule has 1 aliphatic rings. The van der Waals surface area contributed by atoms with E-state index in [4.69, 9.17) is 26.2 Å². The second-order valence-corrected chi connectivity index (χ2v) is 6.42. The number of hydrogen-bond donors (Lipinski definition) is 3. The van der Waals surface area contributed by atoms with E-state index in [1.807, 2.05) is 19.2 Å². The molecule has 2 aromatic rings. The number of pyridine rings is 1. The third-order valence-electron chi connectivity index (χ3n) is 4.45. The number of benzene rings is 1. The summed E-state index contributed by atoms with van der Waals surface area (Å²) in [6.45, 7) is 5.33. The number of primary amides is 1. The Balaban J connectivity index is 0.000000225. The fourth-order valence-electron chi connectivity index (χ4n) is 2.94. The number of morpholine rings is 1. The number of carbonyl (C=O) groups is 2. The number of nitrogens with zero attached hydrogens (tertiary/aromatic N) is 3. The predicted octanol–water partition coefficient (Wildman–Crippen LogP) is 1.41. The lowest BCUT2D eigenvalue weighted by Gasteiger charge is -2.30. The van der Waals surface area contributed by atoms with Gasteiger partial charge in [0.1, 0.15) is 17.3 Å². The van der Waals surface area contributed by atoms with Crippen molar-refractivity contribution >= 4 is 29.3 Å². The standard InChI is InChI=1S/C12H17N3O2.C9H9N3O2/c1-14-10-8-9(12(13)16)2-3-11(10)15-4-6-17-7-5-15;1-2-14-9-7(4-10)8(11)3-6(5-13)12-9/h2-3,8,14H,4-7H2,1H3,(H2,13,16);3,5H,2H2,1H3,(H2,11,12). The van der Waals surface area contributed by atoms with Crippen LogP contribution in [0.25, 0.3) is 0 Å². The maximum atomic E-state index is 11.1. The molecule has 1 aliphatic heterocycles. The van der Waals surface area contributed by atoms with Crippen molar-refractivity contribution in [3.05, 3.63) is 41.1 Å². The number of aromatic nitrogens is 1. The van der Waals surface area contributed by atoms with Gasteiger partial charge >= 0.3 is 0 Å². The van der Waals surface area contributed by atoms with Crippen LogP contribution in [0.1, 0.15) is 33.3 Å². The van der Waals surface area contributed by atoms with Gasteiger partial charge in [-0.05, 0) is 31.2 Å². The Kier molecular flexibility index (Phi) is 8.60. The highest BCUT2D eigenvalue weighted by Crippen LogP contribution is 2.27. The van der Waals surface area contributed by atoms with E-state index in [2.05, 4.69) is 15.2 Å². The highest BCUT2D eigenvalue weighted by Gasteiger charge is 2.15. The molecule has 1 fully saturated rings. The van der Waals surface area contributed by atoms with Crippen LogP contribution in [-0.4, -0.2) is 57.1 Å². The van der Waals surface area contributed by atoms with Gasteiger partial charge in [-0.2, -0.15) is 5.26 Å². The number of rotatable bonds is 6. The highest BCUT2D eigenvalue weighted by molar-refractivity contribution is 5.95. The molecular formula is C21H26N6O4. The van der Waals surface area contributed by atoms with Crippen LogP contribution in [0.5, 0.6) is 5.88 Å². The molecule has 31 heavy (non-hydrogen) atoms. The smallest absolute Gasteiger partial charge is 0.248 e. The maximum absolute atomic E-state index is 11.1. The minimum Gasteiger partial charge on any atom is -0.477 e. The Hall–Kier alpha value is -3.84. The Morgan fingerprint density at radius 1 is 1.39 bits per heavy atom. The summed E-state index contributed by atoms with van der Waals surface area (Å²) < 4.78 is 10.4. The maximum Gasteiger partial charge on any atom is 0.248 e. The van der Waals surface area contributed by atoms with Crippen LogP contribution in [0.15, 0.2) is 24.3 Å². The van der Waals surface area contributed by atoms with Gasteiger partial charge in [-0.15, -0.1) is 0 Å². The molecule has 0 atom stereocenters. The van der Waals surface area contributed by atoms with Crippen molar-refractivity contribution in [1.29, 1.82) is 5.26 Å². The molecule has 2 heterocycles. The van der Waals surface area contributed by atoms with Crippen LogP contribution in [0, 0.1) is 11.3 Å². The first-order valence-electron chi connectivity index (χ1n) is 9.68. The molecule has 10 nitrogen and oxygen atoms in total. The van der Waals surface area contributed by atoms with E-state index >= 15 is 0 Å². The molecule has 1 amide bonds. The lowest BCUT2D eigenvalue weighted by atomic mass is 10.1. The summed E-state index contributed by atoms with van der Waals surface area (Å²) in [4.78, 5) is 27.6. The van der Waals surface area contributed by atoms with Gasteiger partial charge in [0.15, 0.2) is 6.29 Å². The summed E-state index contributed by atoms with van der Waals surface area (Å²) in [6.07, 6.45) is 0.556. The number of nitrogens with one attached hydrogen (secondary N) is 1. The van der Waals surface area contributed by atoms with Crippen LogP contribution < -0.4 is 26.4 Å². The summed E-state index contributed by atoms with van der Waals surface area (Å²) in [5.41, 5.74) is 13.8. The second-order valence-electron chi connectivity index (χ2n) is 6.42. The third-order valence-corrected chi connectivity index (χ3v) is 4.45. The lowest BCUT2D eigenvalue weighted by Crippen LogP contribution is -2.36. The van der Waals surface area contributed by atoms with E-state index in [1.165, 1.54) is 6.07 Å². The Morgan fingerprint density at radius 2 is 2.10 bits per heavy atom. The Bertz CT molecular complexity index is 967. The molecule has 3 rings (SSSR count). The SMILES string of the molecule is CCOc1nc(C=O)cc(N)c1C#N.CNc1cc(C(N)=O)ccc1N1CCOCC1. The van der Waals surface area contributed by atoms with Crippen LogP contribution in [0.2, 0.25) is 0 Å². The molecule has 1 aromatic heterocycles. The van der Waals surface area contributed by atoms with E-state index < -0.39 is 5.91 Å². The monoisotopic (exact) mass is 426 g/mol. The van der Waals surface area contributed by atoms with Gasteiger partial charge in [-0.3, -0.25) is 9.59 Å². The van der Waals surface area contributed by atoms with Gasteiger partial charge in [0.05, 0.1) is 36.9 Å². The molecule has 164 valence electrons. The second kappa shape index (κ2) is 11.4. The predicted molar refractivity (Wildman–Crippen MR) is 117 cm³/mol. The van der Waals surface area contributed by atoms with E-state index in [9.17, 15) is 9.59 Å². The van der Waals surface area contributed by atoms with E-state index in [0.717, 1.165) is 37.7 Å². The van der Waals surface area contributed by atoms with Crippen molar-refractivity contribution in [1.82, 2.24) is 4.98 Å². The van der Waals surface area contributed by atoms with Gasteiger partial charge in [-0.25, -0.2) is 4.98 Å². The number of aldehydes is 1. The molecule has 0 radical (unpaired) electrons. The molecule has 0 spiro atoms. The van der Waals surface area contributed by atoms with Crippen molar-refractivity contribution in [3.63, 3.8) is 0 Å². The van der Waals surface area contributed by atoms with Crippen molar-refractivity contribution in [2.75, 3.05) is 55.9 Å². The molecule has 1 aromatic carbocycles. The number of anilines is 3. The quantitative estimate of drug-likeness (QED) is 0.581. The van der Waals surface area contributed by atoms with Gasteiger partial charge in [0.25, 0.3) is 0 Å². The first-order chi connectivity index (χ1) is 14.9. The average molecular weight is 426 g/mol. The molecule has 0 aliphatic carbocycles. The average Bonchev–Trinajstić information content (AvgIpc) is 2.79. The van der Waals surface area contributed by atoms with E-state index in [-0.39, 0.29) is 22.8 Å². The first-order valence-corrected chi connectivity index (χ1v) is 9.68. The summed E-state index contributed by atoms with van der Waals surface area (Å²) in [7, 11) is 1.84. The van der Waals surface area contributed by atoms with Gasteiger partial charge < -0.3 is 31.2 Å². The Labute approximate surface area is 180 Å². The van der Waals surface area contributed by atoms with Gasteiger partial charge in [0, 0.05) is 25.7 Å². The molecule has 1 saturated heterocycles. The van der Waals surface area contributed by atoms with E-state index in [0.29, 0.717) is 18.5 Å². The Morgan fingerprint density at radius 3 is 2.65 bits per heavy atom. The lowest BCUT2D eigenvalue weighted by molar-refractivity contribution is 0.0999. The summed E-state index contributed by atoms with van der Waals surface area (Å²) in [5.74, 6) is -0.299. The number of hydrogen-bond acceptors (Lipinski definition) is 9. The molecular weight excluding hydrogens is 400 g/mol. The van der Waals surface area contributed by atoms with Gasteiger partial charge in [0.2, 0.25) is 11.8 Å². The number of amides is 1. The summed E-state index contributed by atoms with van der Waals surface area (Å²) >= 11 is 0. The minimum absolute atomic E-state index is 0.108. The molecule has 0 unspecified atom stereocenters. The number of nitrogen functional groups attached to an aromatic ring is 1. The summed E-state index contributed by atoms with van der Waals surface area (Å²) in [6, 6.07) is 8.68. The molecule has 0 saturated carbocycles. The molecule has 10 heteroatoms. The van der Waals surface area contributed by atoms with Gasteiger partial charge in [-0.1, -0.05) is 0 Å². The third kappa shape index (κ3) is 6.07. The largest absolute Gasteiger partial charge is 0.477 e. The number of ether oxygens (including phenoxy) is 2. The van der Waals surface area contributed by atoms with Crippen molar-refractivity contribution in [3.8, 4) is 11.9 Å². The van der Waals surface area contributed by atoms with Crippen LogP contribution >= 0.6 is 0 Å². The first kappa shape index (κ1) is 23.4. The van der Waals surface area contributed by atoms with E-state index in [1.54, 1.807) is 19.1 Å². The van der Waals surface area contributed by atoms with Crippen LogP contribution in [0.4, 0.5) is 17.1 Å². The van der Waals surface area contributed by atoms with Crippen molar-refractivity contribution in [2.45, 2.75) is 6.92 Å². The zero-order chi connectivity index (χ0) is 22.8. The van der Waals surface area contributed by atoms with Crippen LogP contribution in [-0.2, 0) is 4.74 Å². The van der Waals surface area contributed by atoms with Crippen molar-refractivity contribution in [2.24, 2.45) is 5.73 Å². The summed E-state index contributed by atoms with van der Waals surface area (Å²) in [5, 5.41) is 11.8. The van der Waals surface area contributed by atoms with Crippen molar-refractivity contribution < 1.29 is 19.1 Å².